The highest BCUT2D eigenvalue weighted by Gasteiger charge is 2.28. The van der Waals surface area contributed by atoms with Gasteiger partial charge in [0.25, 0.3) is 5.91 Å². The molecule has 0 unspecified atom stereocenters. The first-order valence-electron chi connectivity index (χ1n) is 10.0. The lowest BCUT2D eigenvalue weighted by molar-refractivity contribution is 0.0704. The summed E-state index contributed by atoms with van der Waals surface area (Å²) in [6, 6.07) is 24.0. The molecule has 1 fully saturated rings. The highest BCUT2D eigenvalue weighted by molar-refractivity contribution is 5.94. The minimum absolute atomic E-state index is 0.0862. The van der Waals surface area contributed by atoms with E-state index in [-0.39, 0.29) is 11.8 Å². The molecule has 2 aromatic heterocycles. The highest BCUT2D eigenvalue weighted by atomic mass is 16.2. The van der Waals surface area contributed by atoms with E-state index >= 15 is 0 Å². The molecule has 5 nitrogen and oxygen atoms in total. The number of carbonyl (C=O) groups is 1. The van der Waals surface area contributed by atoms with Gasteiger partial charge >= 0.3 is 0 Å². The lowest BCUT2D eigenvalue weighted by Crippen LogP contribution is -2.39. The molecule has 144 valence electrons. The fraction of sp³-hybridized carbons (Fsp3) is 0.208. The van der Waals surface area contributed by atoms with Gasteiger partial charge < -0.3 is 4.90 Å². The van der Waals surface area contributed by atoms with Gasteiger partial charge in [0.1, 0.15) is 5.82 Å². The smallest absolute Gasteiger partial charge is 0.253 e. The van der Waals surface area contributed by atoms with Gasteiger partial charge in [-0.15, -0.1) is 10.2 Å². The standard InChI is InChI=1S/C24H22N4O/c29-24(20-13-11-19(12-14-20)18-7-2-1-3-8-18)27-15-6-9-21(17-27)23-26-25-22-10-4-5-16-28(22)23/h1-5,7-8,10-14,16,21H,6,9,15,17H2/t21-/m1/s1. The van der Waals surface area contributed by atoms with Gasteiger partial charge in [-0.1, -0.05) is 48.5 Å². The largest absolute Gasteiger partial charge is 0.338 e. The number of hydrogen-bond acceptors (Lipinski definition) is 3. The van der Waals surface area contributed by atoms with E-state index in [1.807, 2.05) is 76.2 Å². The van der Waals surface area contributed by atoms with Crippen molar-refractivity contribution in [1.82, 2.24) is 19.5 Å². The van der Waals surface area contributed by atoms with Crippen molar-refractivity contribution in [3.05, 3.63) is 90.4 Å². The first-order chi connectivity index (χ1) is 14.3. The second-order valence-corrected chi connectivity index (χ2v) is 7.52. The zero-order valence-corrected chi connectivity index (χ0v) is 16.1. The molecule has 5 rings (SSSR count). The average Bonchev–Trinajstić information content (AvgIpc) is 3.24. The first-order valence-corrected chi connectivity index (χ1v) is 10.0. The van der Waals surface area contributed by atoms with Crippen molar-refractivity contribution >= 4 is 11.6 Å². The van der Waals surface area contributed by atoms with Crippen LogP contribution in [0.5, 0.6) is 0 Å². The molecule has 0 radical (unpaired) electrons. The summed E-state index contributed by atoms with van der Waals surface area (Å²) >= 11 is 0. The van der Waals surface area contributed by atoms with Gasteiger partial charge in [-0.25, -0.2) is 0 Å². The lowest BCUT2D eigenvalue weighted by atomic mass is 9.96. The van der Waals surface area contributed by atoms with E-state index in [0.717, 1.165) is 47.5 Å². The van der Waals surface area contributed by atoms with Crippen molar-refractivity contribution in [2.45, 2.75) is 18.8 Å². The Bertz CT molecular complexity index is 1130. The zero-order chi connectivity index (χ0) is 19.6. The quantitative estimate of drug-likeness (QED) is 0.527. The maximum absolute atomic E-state index is 13.1. The summed E-state index contributed by atoms with van der Waals surface area (Å²) in [6.45, 7) is 1.46. The third kappa shape index (κ3) is 3.40. The summed E-state index contributed by atoms with van der Waals surface area (Å²) in [5.74, 6) is 1.23. The van der Waals surface area contributed by atoms with Crippen molar-refractivity contribution in [2.24, 2.45) is 0 Å². The molecule has 4 aromatic rings. The molecular weight excluding hydrogens is 360 g/mol. The van der Waals surface area contributed by atoms with Gasteiger partial charge in [-0.2, -0.15) is 0 Å². The molecule has 0 N–H and O–H groups in total. The Morgan fingerprint density at radius 2 is 1.62 bits per heavy atom. The summed E-state index contributed by atoms with van der Waals surface area (Å²) in [4.78, 5) is 15.1. The molecule has 0 aliphatic carbocycles. The fourth-order valence-electron chi connectivity index (χ4n) is 4.13. The molecule has 1 atom stereocenters. The first kappa shape index (κ1) is 17.6. The fourth-order valence-corrected chi connectivity index (χ4v) is 4.13. The third-order valence-corrected chi connectivity index (χ3v) is 5.65. The Morgan fingerprint density at radius 3 is 2.45 bits per heavy atom. The van der Waals surface area contributed by atoms with Crippen LogP contribution in [-0.2, 0) is 0 Å². The summed E-state index contributed by atoms with van der Waals surface area (Å²) in [7, 11) is 0. The number of fused-ring (bicyclic) bond motifs is 1. The second-order valence-electron chi connectivity index (χ2n) is 7.52. The Morgan fingerprint density at radius 1 is 0.862 bits per heavy atom. The number of rotatable bonds is 3. The summed E-state index contributed by atoms with van der Waals surface area (Å²) in [5.41, 5.74) is 3.86. The van der Waals surface area contributed by atoms with E-state index in [0.29, 0.717) is 6.54 Å². The molecule has 1 amide bonds. The van der Waals surface area contributed by atoms with Gasteiger partial charge in [0.15, 0.2) is 5.65 Å². The van der Waals surface area contributed by atoms with Crippen LogP contribution >= 0.6 is 0 Å². The van der Waals surface area contributed by atoms with Crippen molar-refractivity contribution < 1.29 is 4.79 Å². The number of carbonyl (C=O) groups excluding carboxylic acids is 1. The van der Waals surface area contributed by atoms with Crippen molar-refractivity contribution in [3.8, 4) is 11.1 Å². The molecule has 1 aliphatic heterocycles. The number of amides is 1. The van der Waals surface area contributed by atoms with Crippen LogP contribution in [0, 0.1) is 0 Å². The molecule has 1 saturated heterocycles. The van der Waals surface area contributed by atoms with Gasteiger partial charge in [0, 0.05) is 30.8 Å². The molecule has 0 saturated carbocycles. The lowest BCUT2D eigenvalue weighted by Gasteiger charge is -2.32. The van der Waals surface area contributed by atoms with Gasteiger partial charge in [0.05, 0.1) is 0 Å². The molecule has 3 heterocycles. The SMILES string of the molecule is O=C(c1ccc(-c2ccccc2)cc1)N1CCC[C@@H](c2nnc3ccccn23)C1. The number of hydrogen-bond donors (Lipinski definition) is 0. The summed E-state index contributed by atoms with van der Waals surface area (Å²) < 4.78 is 2.04. The Hall–Kier alpha value is -3.47. The van der Waals surface area contributed by atoms with E-state index in [4.69, 9.17) is 0 Å². The van der Waals surface area contributed by atoms with Crippen LogP contribution in [0.15, 0.2) is 79.0 Å². The van der Waals surface area contributed by atoms with E-state index in [1.54, 1.807) is 0 Å². The monoisotopic (exact) mass is 382 g/mol. The Kier molecular flexibility index (Phi) is 4.56. The van der Waals surface area contributed by atoms with Crippen molar-refractivity contribution in [3.63, 3.8) is 0 Å². The maximum atomic E-state index is 13.1. The third-order valence-electron chi connectivity index (χ3n) is 5.65. The van der Waals surface area contributed by atoms with Crippen LogP contribution in [0.4, 0.5) is 0 Å². The molecule has 29 heavy (non-hydrogen) atoms. The minimum atomic E-state index is 0.0862. The average molecular weight is 382 g/mol. The summed E-state index contributed by atoms with van der Waals surface area (Å²) in [5, 5.41) is 8.68. The van der Waals surface area contributed by atoms with Crippen LogP contribution < -0.4 is 0 Å². The van der Waals surface area contributed by atoms with Crippen LogP contribution in [0.3, 0.4) is 0 Å². The molecule has 1 aliphatic rings. The van der Waals surface area contributed by atoms with E-state index in [9.17, 15) is 4.79 Å². The molecule has 0 spiro atoms. The Labute approximate surface area is 169 Å². The van der Waals surface area contributed by atoms with E-state index < -0.39 is 0 Å². The van der Waals surface area contributed by atoms with Crippen LogP contribution in [0.1, 0.15) is 34.9 Å². The van der Waals surface area contributed by atoms with Crippen LogP contribution in [-0.4, -0.2) is 38.5 Å². The van der Waals surface area contributed by atoms with Crippen molar-refractivity contribution in [1.29, 1.82) is 0 Å². The zero-order valence-electron chi connectivity index (χ0n) is 16.1. The Balaban J connectivity index is 1.35. The number of benzene rings is 2. The van der Waals surface area contributed by atoms with Crippen LogP contribution in [0.2, 0.25) is 0 Å². The molecule has 5 heteroatoms. The number of likely N-dealkylation sites (tertiary alicyclic amines) is 1. The topological polar surface area (TPSA) is 50.5 Å². The number of piperidine rings is 1. The predicted octanol–water partition coefficient (Wildman–Crippen LogP) is 4.42. The van der Waals surface area contributed by atoms with Crippen molar-refractivity contribution in [2.75, 3.05) is 13.1 Å². The molecular formula is C24H22N4O. The van der Waals surface area contributed by atoms with Gasteiger partial charge in [0.2, 0.25) is 0 Å². The number of aromatic nitrogens is 3. The second kappa shape index (κ2) is 7.51. The molecule has 2 aromatic carbocycles. The van der Waals surface area contributed by atoms with Crippen LogP contribution in [0.25, 0.3) is 16.8 Å². The number of pyridine rings is 1. The molecule has 0 bridgehead atoms. The van der Waals surface area contributed by atoms with E-state index in [1.165, 1.54) is 0 Å². The van der Waals surface area contributed by atoms with Gasteiger partial charge in [-0.3, -0.25) is 9.20 Å². The predicted molar refractivity (Wildman–Crippen MR) is 113 cm³/mol. The normalized spacial score (nSPS) is 16.8. The highest BCUT2D eigenvalue weighted by Crippen LogP contribution is 2.27. The van der Waals surface area contributed by atoms with Gasteiger partial charge in [-0.05, 0) is 48.2 Å². The summed E-state index contributed by atoms with van der Waals surface area (Å²) in [6.07, 6.45) is 3.99. The van der Waals surface area contributed by atoms with E-state index in [2.05, 4.69) is 22.3 Å². The maximum Gasteiger partial charge on any atom is 0.253 e. The number of nitrogens with zero attached hydrogens (tertiary/aromatic N) is 4. The minimum Gasteiger partial charge on any atom is -0.338 e.